The first-order valence-electron chi connectivity index (χ1n) is 10.0. The summed E-state index contributed by atoms with van der Waals surface area (Å²) in [6, 6.07) is 5.02. The average molecular weight is 462 g/mol. The van der Waals surface area contributed by atoms with Crippen molar-refractivity contribution in [3.8, 4) is 5.69 Å². The maximum absolute atomic E-state index is 15.2. The molecule has 33 heavy (non-hydrogen) atoms. The molecule has 0 amide bonds. The van der Waals surface area contributed by atoms with E-state index < -0.39 is 40.2 Å². The van der Waals surface area contributed by atoms with Crippen molar-refractivity contribution in [2.75, 3.05) is 32.2 Å². The SMILES string of the molecule is COC1(OC)CN(c2cc3c(cc2F)c(=O)c(C(=O)O)cn3-c2ccc(F)cc2F)CC1C. The molecule has 1 aromatic heterocycles. The molecule has 2 heterocycles. The normalized spacial score (nSPS) is 17.6. The molecule has 1 fully saturated rings. The second kappa shape index (κ2) is 8.20. The molecule has 4 rings (SSSR count). The zero-order chi connectivity index (χ0) is 24.1. The molecule has 3 aromatic rings. The van der Waals surface area contributed by atoms with Gasteiger partial charge in [0.1, 0.15) is 23.0 Å². The van der Waals surface area contributed by atoms with Crippen LogP contribution in [0.1, 0.15) is 17.3 Å². The number of fused-ring (bicyclic) bond motifs is 1. The van der Waals surface area contributed by atoms with Gasteiger partial charge in [0.2, 0.25) is 5.43 Å². The van der Waals surface area contributed by atoms with E-state index in [0.29, 0.717) is 12.6 Å². The first-order valence-corrected chi connectivity index (χ1v) is 10.0. The van der Waals surface area contributed by atoms with Gasteiger partial charge in [-0.2, -0.15) is 0 Å². The van der Waals surface area contributed by atoms with E-state index in [0.717, 1.165) is 29.0 Å². The third-order valence-corrected chi connectivity index (χ3v) is 6.16. The van der Waals surface area contributed by atoms with E-state index in [-0.39, 0.29) is 34.7 Å². The Hall–Kier alpha value is -3.37. The molecule has 0 saturated carbocycles. The maximum Gasteiger partial charge on any atom is 0.341 e. The molecular formula is C23H21F3N2O5. The number of benzene rings is 2. The van der Waals surface area contributed by atoms with Crippen LogP contribution in [0.25, 0.3) is 16.6 Å². The van der Waals surface area contributed by atoms with Gasteiger partial charge in [0.25, 0.3) is 0 Å². The van der Waals surface area contributed by atoms with Gasteiger partial charge < -0.3 is 24.0 Å². The van der Waals surface area contributed by atoms with Crippen LogP contribution >= 0.6 is 0 Å². The first kappa shape index (κ1) is 22.8. The van der Waals surface area contributed by atoms with Gasteiger partial charge in [0.15, 0.2) is 5.79 Å². The molecule has 7 nitrogen and oxygen atoms in total. The van der Waals surface area contributed by atoms with Gasteiger partial charge >= 0.3 is 5.97 Å². The van der Waals surface area contributed by atoms with Crippen molar-refractivity contribution in [2.24, 2.45) is 5.92 Å². The molecule has 10 heteroatoms. The fourth-order valence-corrected chi connectivity index (χ4v) is 4.36. The van der Waals surface area contributed by atoms with E-state index in [1.54, 1.807) is 4.90 Å². The van der Waals surface area contributed by atoms with E-state index in [4.69, 9.17) is 9.47 Å². The number of hydrogen-bond donors (Lipinski definition) is 1. The number of rotatable bonds is 5. The van der Waals surface area contributed by atoms with E-state index >= 15 is 4.39 Å². The third kappa shape index (κ3) is 3.65. The van der Waals surface area contributed by atoms with Crippen LogP contribution in [0.4, 0.5) is 18.9 Å². The zero-order valence-electron chi connectivity index (χ0n) is 18.1. The van der Waals surface area contributed by atoms with Crippen LogP contribution in [-0.2, 0) is 9.47 Å². The summed E-state index contributed by atoms with van der Waals surface area (Å²) in [6.07, 6.45) is 0.951. The molecule has 1 atom stereocenters. The van der Waals surface area contributed by atoms with E-state index in [2.05, 4.69) is 0 Å². The summed E-state index contributed by atoms with van der Waals surface area (Å²) in [4.78, 5) is 26.1. The Morgan fingerprint density at radius 1 is 1.09 bits per heavy atom. The summed E-state index contributed by atoms with van der Waals surface area (Å²) in [6.45, 7) is 2.44. The Balaban J connectivity index is 1.99. The van der Waals surface area contributed by atoms with Crippen molar-refractivity contribution in [3.05, 3.63) is 69.8 Å². The minimum atomic E-state index is -1.55. The predicted molar refractivity (Wildman–Crippen MR) is 115 cm³/mol. The minimum Gasteiger partial charge on any atom is -0.477 e. The zero-order valence-corrected chi connectivity index (χ0v) is 18.1. The lowest BCUT2D eigenvalue weighted by Gasteiger charge is -2.29. The molecule has 1 aliphatic rings. The Morgan fingerprint density at radius 2 is 1.76 bits per heavy atom. The highest BCUT2D eigenvalue weighted by atomic mass is 19.1. The number of ether oxygens (including phenoxy) is 2. The maximum atomic E-state index is 15.2. The Morgan fingerprint density at radius 3 is 2.33 bits per heavy atom. The number of carboxylic acids is 1. The summed E-state index contributed by atoms with van der Waals surface area (Å²) in [5.41, 5.74) is -1.62. The number of carbonyl (C=O) groups is 1. The largest absolute Gasteiger partial charge is 0.477 e. The van der Waals surface area contributed by atoms with E-state index in [9.17, 15) is 23.5 Å². The lowest BCUT2D eigenvalue weighted by atomic mass is 10.1. The number of methoxy groups -OCH3 is 2. The van der Waals surface area contributed by atoms with Gasteiger partial charge in [-0.25, -0.2) is 18.0 Å². The molecule has 0 aliphatic carbocycles. The van der Waals surface area contributed by atoms with Crippen molar-refractivity contribution in [3.63, 3.8) is 0 Å². The molecule has 1 N–H and O–H groups in total. The molecule has 2 aromatic carbocycles. The summed E-state index contributed by atoms with van der Waals surface area (Å²) in [5, 5.41) is 9.20. The Labute approximate surface area is 186 Å². The van der Waals surface area contributed by atoms with Crippen LogP contribution in [0, 0.1) is 23.4 Å². The Kier molecular flexibility index (Phi) is 5.67. The van der Waals surface area contributed by atoms with Crippen LogP contribution in [0.3, 0.4) is 0 Å². The molecule has 0 spiro atoms. The van der Waals surface area contributed by atoms with Crippen molar-refractivity contribution >= 4 is 22.6 Å². The number of aromatic carboxylic acids is 1. The van der Waals surface area contributed by atoms with Gasteiger partial charge in [-0.15, -0.1) is 0 Å². The molecule has 1 aliphatic heterocycles. The summed E-state index contributed by atoms with van der Waals surface area (Å²) >= 11 is 0. The van der Waals surface area contributed by atoms with Gasteiger partial charge in [0, 0.05) is 44.3 Å². The fourth-order valence-electron chi connectivity index (χ4n) is 4.36. The monoisotopic (exact) mass is 462 g/mol. The number of pyridine rings is 1. The summed E-state index contributed by atoms with van der Waals surface area (Å²) in [5.74, 6) is -5.22. The first-order chi connectivity index (χ1) is 15.6. The highest BCUT2D eigenvalue weighted by Crippen LogP contribution is 2.37. The number of nitrogens with zero attached hydrogens (tertiary/aromatic N) is 2. The highest BCUT2D eigenvalue weighted by Gasteiger charge is 2.45. The number of hydrogen-bond acceptors (Lipinski definition) is 5. The van der Waals surface area contributed by atoms with Crippen molar-refractivity contribution in [1.82, 2.24) is 4.57 Å². The summed E-state index contributed by atoms with van der Waals surface area (Å²) in [7, 11) is 2.98. The second-order valence-corrected chi connectivity index (χ2v) is 7.97. The van der Waals surface area contributed by atoms with E-state index in [1.165, 1.54) is 20.3 Å². The van der Waals surface area contributed by atoms with Gasteiger partial charge in [-0.1, -0.05) is 6.92 Å². The molecule has 174 valence electrons. The fraction of sp³-hybridized carbons (Fsp3) is 0.304. The van der Waals surface area contributed by atoms with E-state index in [1.807, 2.05) is 6.92 Å². The predicted octanol–water partition coefficient (Wildman–Crippen LogP) is 3.55. The number of halogens is 3. The molecule has 0 radical (unpaired) electrons. The van der Waals surface area contributed by atoms with Crippen molar-refractivity contribution < 1.29 is 32.5 Å². The van der Waals surface area contributed by atoms with Crippen LogP contribution in [-0.4, -0.2) is 48.7 Å². The highest BCUT2D eigenvalue weighted by molar-refractivity contribution is 5.94. The van der Waals surface area contributed by atoms with Gasteiger partial charge in [0.05, 0.1) is 23.4 Å². The van der Waals surface area contributed by atoms with Gasteiger partial charge in [-0.05, 0) is 24.3 Å². The van der Waals surface area contributed by atoms with Crippen LogP contribution in [0.15, 0.2) is 41.3 Å². The van der Waals surface area contributed by atoms with Gasteiger partial charge in [-0.3, -0.25) is 4.79 Å². The topological polar surface area (TPSA) is 81.0 Å². The molecule has 1 unspecified atom stereocenters. The lowest BCUT2D eigenvalue weighted by molar-refractivity contribution is -0.213. The minimum absolute atomic E-state index is 0.0619. The lowest BCUT2D eigenvalue weighted by Crippen LogP contribution is -2.41. The standard InChI is InChI=1S/C23H21F3N2O5/c1-12-9-27(11-23(12,32-2)33-3)20-8-19-14(7-17(20)26)21(29)15(22(30)31)10-28(19)18-5-4-13(24)6-16(18)25/h4-8,10,12H,9,11H2,1-3H3,(H,30,31). The third-order valence-electron chi connectivity index (χ3n) is 6.16. The average Bonchev–Trinajstić information content (AvgIpc) is 3.10. The molecule has 1 saturated heterocycles. The molecular weight excluding hydrogens is 441 g/mol. The van der Waals surface area contributed by atoms with Crippen molar-refractivity contribution in [1.29, 1.82) is 0 Å². The number of carboxylic acid groups (broad SMARTS) is 1. The van der Waals surface area contributed by atoms with Crippen LogP contribution < -0.4 is 10.3 Å². The van der Waals surface area contributed by atoms with Crippen molar-refractivity contribution in [2.45, 2.75) is 12.7 Å². The van der Waals surface area contributed by atoms with Crippen LogP contribution in [0.5, 0.6) is 0 Å². The molecule has 0 bridgehead atoms. The van der Waals surface area contributed by atoms with Crippen LogP contribution in [0.2, 0.25) is 0 Å². The number of anilines is 1. The Bertz CT molecular complexity index is 1320. The quantitative estimate of drug-likeness (QED) is 0.585. The summed E-state index contributed by atoms with van der Waals surface area (Å²) < 4.78 is 55.5. The smallest absolute Gasteiger partial charge is 0.341 e. The number of aromatic nitrogens is 1. The second-order valence-electron chi connectivity index (χ2n) is 7.97.